The lowest BCUT2D eigenvalue weighted by Gasteiger charge is -2.43. The zero-order valence-corrected chi connectivity index (χ0v) is 30.4. The molecule has 0 N–H and O–H groups in total. The Hall–Kier alpha value is -0.590. The lowest BCUT2D eigenvalue weighted by Crippen LogP contribution is -2.28. The third-order valence-electron chi connectivity index (χ3n) is 8.14. The predicted octanol–water partition coefficient (Wildman–Crippen LogP) is 12.2. The molecule has 3 atom stereocenters. The van der Waals surface area contributed by atoms with Gasteiger partial charge in [0.1, 0.15) is 0 Å². The fourth-order valence-corrected chi connectivity index (χ4v) is 8.17. The van der Waals surface area contributed by atoms with Gasteiger partial charge >= 0.3 is 0 Å². The Bertz CT molecular complexity index is 629. The van der Waals surface area contributed by atoms with Crippen molar-refractivity contribution >= 4 is 10.9 Å². The molecule has 43 heavy (non-hydrogen) atoms. The summed E-state index contributed by atoms with van der Waals surface area (Å²) in [7, 11) is -2.13. The van der Waals surface area contributed by atoms with Gasteiger partial charge in [0.15, 0.2) is 0 Å². The van der Waals surface area contributed by atoms with E-state index in [-0.39, 0.29) is 18.3 Å². The van der Waals surface area contributed by atoms with E-state index in [0.717, 1.165) is 50.7 Å². The van der Waals surface area contributed by atoms with E-state index >= 15 is 0 Å². The first-order valence-electron chi connectivity index (χ1n) is 18.5. The van der Waals surface area contributed by atoms with Gasteiger partial charge in [-0.1, -0.05) is 95.8 Å². The Morgan fingerprint density at radius 1 is 0.535 bits per heavy atom. The molecule has 1 saturated heterocycles. The standard InChI is InChI=1S/C38H73NO3S/c1-7-10-13-16-19-22-29-36(4)40-43(35-28-27-34-39-32-25-26-33-39,41-37(5)30-23-20-17-14-11-8-2)42-38(6)31-24-21-18-15-12-9-3/h16-21,36-38H,7-15,22-35H2,1-6H3/b19-16-,20-17-,21-18-. The highest BCUT2D eigenvalue weighted by molar-refractivity contribution is 8.21. The van der Waals surface area contributed by atoms with Crippen molar-refractivity contribution in [3.8, 4) is 0 Å². The number of hydrogen-bond acceptors (Lipinski definition) is 4. The zero-order chi connectivity index (χ0) is 31.4. The molecule has 254 valence electrons. The van der Waals surface area contributed by atoms with Gasteiger partial charge in [-0.25, -0.2) is 0 Å². The topological polar surface area (TPSA) is 30.9 Å². The summed E-state index contributed by atoms with van der Waals surface area (Å²) in [6.07, 6.45) is 36.6. The van der Waals surface area contributed by atoms with Crippen molar-refractivity contribution in [2.45, 2.75) is 182 Å². The van der Waals surface area contributed by atoms with Crippen molar-refractivity contribution in [3.05, 3.63) is 36.5 Å². The average Bonchev–Trinajstić information content (AvgIpc) is 3.50. The van der Waals surface area contributed by atoms with Crippen molar-refractivity contribution in [1.82, 2.24) is 4.90 Å². The molecule has 0 spiro atoms. The van der Waals surface area contributed by atoms with Crippen LogP contribution >= 0.6 is 10.9 Å². The van der Waals surface area contributed by atoms with Crippen molar-refractivity contribution in [3.63, 3.8) is 0 Å². The van der Waals surface area contributed by atoms with Crippen LogP contribution in [-0.4, -0.2) is 48.6 Å². The summed E-state index contributed by atoms with van der Waals surface area (Å²) in [6, 6.07) is 0. The summed E-state index contributed by atoms with van der Waals surface area (Å²) in [4.78, 5) is 2.62. The van der Waals surface area contributed by atoms with Gasteiger partial charge < -0.3 is 4.90 Å². The van der Waals surface area contributed by atoms with E-state index in [4.69, 9.17) is 12.5 Å². The Kier molecular flexibility index (Phi) is 26.0. The minimum atomic E-state index is -2.13. The van der Waals surface area contributed by atoms with Crippen LogP contribution in [0.1, 0.15) is 164 Å². The molecule has 0 aliphatic carbocycles. The lowest BCUT2D eigenvalue weighted by atomic mass is 10.2. The van der Waals surface area contributed by atoms with Gasteiger partial charge in [-0.3, -0.25) is 12.5 Å². The molecule has 1 aliphatic rings. The smallest absolute Gasteiger partial charge is 0.0895 e. The minimum absolute atomic E-state index is 0.103. The first kappa shape index (κ1) is 40.4. The Balaban J connectivity index is 2.93. The van der Waals surface area contributed by atoms with E-state index in [1.54, 1.807) is 0 Å². The van der Waals surface area contributed by atoms with Gasteiger partial charge in [0, 0.05) is 5.75 Å². The van der Waals surface area contributed by atoms with Gasteiger partial charge in [-0.05, 0) is 124 Å². The number of hydrogen-bond donors (Lipinski definition) is 0. The van der Waals surface area contributed by atoms with Crippen LogP contribution in [0.5, 0.6) is 0 Å². The minimum Gasteiger partial charge on any atom is -0.303 e. The van der Waals surface area contributed by atoms with Crippen LogP contribution in [0.15, 0.2) is 36.5 Å². The highest BCUT2D eigenvalue weighted by Gasteiger charge is 2.33. The Morgan fingerprint density at radius 2 is 0.907 bits per heavy atom. The van der Waals surface area contributed by atoms with Gasteiger partial charge in [0.25, 0.3) is 0 Å². The highest BCUT2D eigenvalue weighted by Crippen LogP contribution is 2.56. The van der Waals surface area contributed by atoms with E-state index in [0.29, 0.717) is 0 Å². The van der Waals surface area contributed by atoms with Crippen LogP contribution in [0.25, 0.3) is 0 Å². The molecule has 4 nitrogen and oxygen atoms in total. The number of rotatable bonds is 29. The van der Waals surface area contributed by atoms with Crippen molar-refractivity contribution in [2.75, 3.05) is 25.4 Å². The van der Waals surface area contributed by atoms with Gasteiger partial charge in [-0.15, -0.1) is 0 Å². The lowest BCUT2D eigenvalue weighted by molar-refractivity contribution is 0.0815. The quantitative estimate of drug-likeness (QED) is 0.0612. The van der Waals surface area contributed by atoms with Gasteiger partial charge in [0.2, 0.25) is 0 Å². The summed E-state index contributed by atoms with van der Waals surface area (Å²) in [6.45, 7) is 17.1. The van der Waals surface area contributed by atoms with Gasteiger partial charge in [-0.2, -0.15) is 0 Å². The molecule has 0 saturated carbocycles. The van der Waals surface area contributed by atoms with Crippen LogP contribution in [0, 0.1) is 0 Å². The van der Waals surface area contributed by atoms with Gasteiger partial charge in [0.05, 0.1) is 29.2 Å². The normalized spacial score (nSPS) is 19.0. The second-order valence-electron chi connectivity index (χ2n) is 12.8. The third kappa shape index (κ3) is 22.5. The molecular weight excluding hydrogens is 550 g/mol. The maximum atomic E-state index is 6.95. The van der Waals surface area contributed by atoms with E-state index in [9.17, 15) is 0 Å². The molecule has 1 aliphatic heterocycles. The molecule has 0 aromatic carbocycles. The zero-order valence-electron chi connectivity index (χ0n) is 29.5. The molecule has 0 aromatic rings. The summed E-state index contributed by atoms with van der Waals surface area (Å²) in [5, 5.41) is 0. The molecule has 1 fully saturated rings. The molecule has 0 aromatic heterocycles. The second kappa shape index (κ2) is 27.7. The summed E-state index contributed by atoms with van der Waals surface area (Å²) >= 11 is 0. The van der Waals surface area contributed by atoms with Crippen LogP contribution < -0.4 is 0 Å². The molecule has 0 amide bonds. The molecule has 5 heteroatoms. The van der Waals surface area contributed by atoms with Crippen LogP contribution in [0.3, 0.4) is 0 Å². The fraction of sp³-hybridized carbons (Fsp3) is 0.842. The summed E-state index contributed by atoms with van der Waals surface area (Å²) < 4.78 is 20.9. The van der Waals surface area contributed by atoms with E-state index in [1.165, 1.54) is 96.7 Å². The molecular formula is C38H73NO3S. The number of unbranched alkanes of at least 4 members (excludes halogenated alkanes) is 7. The molecule has 0 bridgehead atoms. The van der Waals surface area contributed by atoms with E-state index in [2.05, 4.69) is 82.9 Å². The van der Waals surface area contributed by atoms with E-state index in [1.807, 2.05) is 0 Å². The summed E-state index contributed by atoms with van der Waals surface area (Å²) in [5.74, 6) is 0.866. The van der Waals surface area contributed by atoms with Crippen LogP contribution in [0.4, 0.5) is 0 Å². The number of allylic oxidation sites excluding steroid dienone is 6. The predicted molar refractivity (Wildman–Crippen MR) is 193 cm³/mol. The fourth-order valence-electron chi connectivity index (χ4n) is 5.39. The Labute approximate surface area is 271 Å². The maximum Gasteiger partial charge on any atom is 0.0895 e. The molecule has 1 rings (SSSR count). The average molecular weight is 624 g/mol. The molecule has 0 radical (unpaired) electrons. The molecule has 1 heterocycles. The number of likely N-dealkylation sites (tertiary alicyclic amines) is 1. The van der Waals surface area contributed by atoms with Crippen LogP contribution in [0.2, 0.25) is 0 Å². The second-order valence-corrected chi connectivity index (χ2v) is 14.9. The van der Waals surface area contributed by atoms with Crippen LogP contribution in [-0.2, 0) is 12.5 Å². The first-order valence-corrected chi connectivity index (χ1v) is 20.0. The van der Waals surface area contributed by atoms with Crippen molar-refractivity contribution in [2.24, 2.45) is 0 Å². The van der Waals surface area contributed by atoms with Crippen molar-refractivity contribution in [1.29, 1.82) is 0 Å². The number of nitrogens with zero attached hydrogens (tertiary/aromatic N) is 1. The largest absolute Gasteiger partial charge is 0.303 e. The third-order valence-corrected chi connectivity index (χ3v) is 10.8. The van der Waals surface area contributed by atoms with Crippen molar-refractivity contribution < 1.29 is 12.5 Å². The monoisotopic (exact) mass is 624 g/mol. The Morgan fingerprint density at radius 3 is 1.28 bits per heavy atom. The molecule has 3 unspecified atom stereocenters. The SMILES string of the molecule is CCCC/C=C\CCC(C)OS(CCCCN1CCCC1)(OC(C)CC/C=C\CCCC)OC(C)CC/C=C\CCCC. The maximum absolute atomic E-state index is 6.95. The first-order chi connectivity index (χ1) is 20.9. The summed E-state index contributed by atoms with van der Waals surface area (Å²) in [5.41, 5.74) is 0. The van der Waals surface area contributed by atoms with E-state index < -0.39 is 10.9 Å². The highest BCUT2D eigenvalue weighted by atomic mass is 32.3.